The summed E-state index contributed by atoms with van der Waals surface area (Å²) in [5.74, 6) is -1.96. The first kappa shape index (κ1) is 29.5. The first-order chi connectivity index (χ1) is 20.9. The van der Waals surface area contributed by atoms with E-state index < -0.39 is 77.3 Å². The van der Waals surface area contributed by atoms with Crippen molar-refractivity contribution in [3.8, 4) is 0 Å². The molecule has 4 aromatic heterocycles. The number of nitrogens with zero attached hydrogens (tertiary/aromatic N) is 8. The van der Waals surface area contributed by atoms with Gasteiger partial charge in [-0.15, -0.1) is 0 Å². The molecule has 2 saturated carbocycles. The molecule has 3 aliphatic rings. The zero-order chi connectivity index (χ0) is 31.0. The van der Waals surface area contributed by atoms with Crippen molar-refractivity contribution in [2.45, 2.75) is 49.5 Å². The molecule has 0 aromatic carbocycles. The standard InChI is InChI=1S/C22H26F2N10O8P2/c23-13-11(33-7-31-15-19(25)27-5-29-21(15)33)1-9-3-39-43(35,36)42-18-10(4-40-44(37,38)41-17(9)13)2-12(14(18)24)34-8-32-16-20(26)28-6-30-22(16)34/h5-14,17-18H,1-4H2,(H,35,36)(H,37,38)(H2,25,27,29)(H2,26,28,30)/t9-,10-,11-,12-,13+,14+,17-,18-/m1/s1. The molecule has 236 valence electrons. The molecule has 10 atom stereocenters. The summed E-state index contributed by atoms with van der Waals surface area (Å²) in [6, 6.07) is -2.09. The molecule has 6 N–H and O–H groups in total. The van der Waals surface area contributed by atoms with Crippen LogP contribution in [0.4, 0.5) is 20.4 Å². The highest BCUT2D eigenvalue weighted by atomic mass is 31.2. The molecule has 1 saturated heterocycles. The van der Waals surface area contributed by atoms with Crippen molar-refractivity contribution in [2.24, 2.45) is 11.8 Å². The van der Waals surface area contributed by atoms with E-state index in [1.165, 1.54) is 34.4 Å². The van der Waals surface area contributed by atoms with Gasteiger partial charge in [-0.3, -0.25) is 18.1 Å². The van der Waals surface area contributed by atoms with Crippen molar-refractivity contribution >= 4 is 49.6 Å². The third-order valence-corrected chi connectivity index (χ3v) is 10.3. The monoisotopic (exact) mass is 658 g/mol. The van der Waals surface area contributed by atoms with Crippen LogP contribution in [0.3, 0.4) is 0 Å². The maximum Gasteiger partial charge on any atom is 0.472 e. The molecule has 0 amide bonds. The number of hydrogen-bond acceptors (Lipinski definition) is 14. The molecule has 0 spiro atoms. The van der Waals surface area contributed by atoms with E-state index in [0.717, 1.165) is 0 Å². The quantitative estimate of drug-likeness (QED) is 0.223. The zero-order valence-electron chi connectivity index (χ0n) is 22.5. The predicted octanol–water partition coefficient (Wildman–Crippen LogP) is 1.65. The Balaban J connectivity index is 1.17. The van der Waals surface area contributed by atoms with Gasteiger partial charge in [0, 0.05) is 11.8 Å². The van der Waals surface area contributed by atoms with E-state index in [4.69, 9.17) is 29.6 Å². The molecule has 0 radical (unpaired) electrons. The number of phosphoric acid groups is 2. The van der Waals surface area contributed by atoms with Gasteiger partial charge in [0.2, 0.25) is 0 Å². The number of nitrogen functional groups attached to an aromatic ring is 2. The smallest absolute Gasteiger partial charge is 0.382 e. The molecule has 7 rings (SSSR count). The van der Waals surface area contributed by atoms with E-state index >= 15 is 8.78 Å². The fourth-order valence-electron chi connectivity index (χ4n) is 6.23. The number of anilines is 2. The van der Waals surface area contributed by atoms with Gasteiger partial charge in [0.25, 0.3) is 0 Å². The van der Waals surface area contributed by atoms with Crippen molar-refractivity contribution in [3.05, 3.63) is 25.3 Å². The Morgan fingerprint density at radius 3 is 1.55 bits per heavy atom. The summed E-state index contributed by atoms with van der Waals surface area (Å²) in [6.45, 7) is -1.28. The van der Waals surface area contributed by atoms with Crippen LogP contribution in [-0.4, -0.2) is 86.6 Å². The number of hydrogen-bond donors (Lipinski definition) is 4. The Hall–Kier alpha value is -3.22. The lowest BCUT2D eigenvalue weighted by Gasteiger charge is -2.28. The lowest BCUT2D eigenvalue weighted by Crippen LogP contribution is -2.33. The summed E-state index contributed by atoms with van der Waals surface area (Å²) >= 11 is 0. The summed E-state index contributed by atoms with van der Waals surface area (Å²) in [5, 5.41) is 0. The van der Waals surface area contributed by atoms with E-state index in [9.17, 15) is 18.9 Å². The lowest BCUT2D eigenvalue weighted by atomic mass is 10.1. The van der Waals surface area contributed by atoms with E-state index in [1.54, 1.807) is 0 Å². The first-order valence-corrected chi connectivity index (χ1v) is 16.4. The number of nitrogens with two attached hydrogens (primary N) is 2. The van der Waals surface area contributed by atoms with Crippen LogP contribution >= 0.6 is 15.6 Å². The van der Waals surface area contributed by atoms with Gasteiger partial charge in [0.15, 0.2) is 22.9 Å². The summed E-state index contributed by atoms with van der Waals surface area (Å²) < 4.78 is 81.9. The van der Waals surface area contributed by atoms with Crippen LogP contribution < -0.4 is 11.5 Å². The Bertz CT molecular complexity index is 1700. The molecule has 0 bridgehead atoms. The van der Waals surface area contributed by atoms with Gasteiger partial charge < -0.3 is 30.4 Å². The number of rotatable bonds is 2. The van der Waals surface area contributed by atoms with E-state index in [0.29, 0.717) is 0 Å². The zero-order valence-corrected chi connectivity index (χ0v) is 24.3. The Labute approximate surface area is 246 Å². The molecule has 2 unspecified atom stereocenters. The predicted molar refractivity (Wildman–Crippen MR) is 145 cm³/mol. The highest BCUT2D eigenvalue weighted by Gasteiger charge is 2.53. The number of aromatic nitrogens is 8. The summed E-state index contributed by atoms with van der Waals surface area (Å²) in [5.41, 5.74) is 12.5. The van der Waals surface area contributed by atoms with E-state index in [-0.39, 0.29) is 46.8 Å². The lowest BCUT2D eigenvalue weighted by molar-refractivity contribution is -0.0118. The van der Waals surface area contributed by atoms with Crippen LogP contribution in [0.15, 0.2) is 25.3 Å². The van der Waals surface area contributed by atoms with Gasteiger partial charge in [-0.2, -0.15) is 0 Å². The average molecular weight is 658 g/mol. The van der Waals surface area contributed by atoms with Gasteiger partial charge in [-0.05, 0) is 12.8 Å². The van der Waals surface area contributed by atoms with Gasteiger partial charge in [0.05, 0.1) is 38.0 Å². The summed E-state index contributed by atoms with van der Waals surface area (Å²) in [7, 11) is -9.93. The normalized spacial score (nSPS) is 38.3. The number of phosphoric ester groups is 2. The van der Waals surface area contributed by atoms with Crippen molar-refractivity contribution in [1.82, 2.24) is 39.0 Å². The second kappa shape index (κ2) is 10.7. The molecular formula is C22H26F2N10O8P2. The third kappa shape index (κ3) is 5.04. The highest BCUT2D eigenvalue weighted by Crippen LogP contribution is 2.57. The van der Waals surface area contributed by atoms with Gasteiger partial charge in [-0.25, -0.2) is 47.8 Å². The third-order valence-electron chi connectivity index (χ3n) is 8.28. The van der Waals surface area contributed by atoms with Crippen LogP contribution in [-0.2, 0) is 27.2 Å². The van der Waals surface area contributed by atoms with Crippen molar-refractivity contribution in [2.75, 3.05) is 24.7 Å². The maximum absolute atomic E-state index is 16.0. The molecule has 44 heavy (non-hydrogen) atoms. The largest absolute Gasteiger partial charge is 0.472 e. The minimum absolute atomic E-state index is 0.0671. The van der Waals surface area contributed by atoms with Crippen LogP contribution in [0, 0.1) is 11.8 Å². The SMILES string of the molecule is Nc1ncnc2c1ncn2[C@@H]1C[C@@H]2COP(=O)(O)O[C@@H]3[C@@H](COP(=O)(O)O[C@H]2[C@H]1F)C[C@@H](n1cnc2c(N)ncnc21)[C@@H]3F. The highest BCUT2D eigenvalue weighted by molar-refractivity contribution is 7.47. The Kier molecular flexibility index (Phi) is 7.17. The second-order valence-corrected chi connectivity index (χ2v) is 13.7. The maximum atomic E-state index is 16.0. The number of halogens is 2. The summed E-state index contributed by atoms with van der Waals surface area (Å²) in [6.07, 6.45) is -2.37. The molecule has 18 nitrogen and oxygen atoms in total. The average Bonchev–Trinajstić information content (AvgIpc) is 3.73. The van der Waals surface area contributed by atoms with Crippen molar-refractivity contribution in [1.29, 1.82) is 0 Å². The minimum atomic E-state index is -4.96. The fraction of sp³-hybridized carbons (Fsp3) is 0.545. The van der Waals surface area contributed by atoms with E-state index in [1.807, 2.05) is 0 Å². The minimum Gasteiger partial charge on any atom is -0.382 e. The van der Waals surface area contributed by atoms with Crippen molar-refractivity contribution in [3.63, 3.8) is 0 Å². The molecule has 3 fully saturated rings. The molecule has 1 aliphatic heterocycles. The molecule has 4 aromatic rings. The first-order valence-electron chi connectivity index (χ1n) is 13.4. The number of imidazole rings is 2. The van der Waals surface area contributed by atoms with Crippen molar-refractivity contribution < 1.29 is 45.8 Å². The number of fused-ring (bicyclic) bond motifs is 4. The fourth-order valence-corrected chi connectivity index (χ4v) is 8.30. The van der Waals surface area contributed by atoms with Crippen LogP contribution in [0.2, 0.25) is 0 Å². The topological polar surface area (TPSA) is 251 Å². The second-order valence-electron chi connectivity index (χ2n) is 10.8. The molecule has 2 aliphatic carbocycles. The van der Waals surface area contributed by atoms with Gasteiger partial charge in [0.1, 0.15) is 48.2 Å². The molecule has 22 heteroatoms. The van der Waals surface area contributed by atoms with Crippen LogP contribution in [0.5, 0.6) is 0 Å². The van der Waals surface area contributed by atoms with Crippen LogP contribution in [0.1, 0.15) is 24.9 Å². The Morgan fingerprint density at radius 1 is 0.727 bits per heavy atom. The summed E-state index contributed by atoms with van der Waals surface area (Å²) in [4.78, 5) is 45.4. The molecular weight excluding hydrogens is 632 g/mol. The number of alkyl halides is 2. The van der Waals surface area contributed by atoms with Gasteiger partial charge >= 0.3 is 15.6 Å². The molecule has 5 heterocycles. The van der Waals surface area contributed by atoms with E-state index in [2.05, 4.69) is 29.9 Å². The Morgan fingerprint density at radius 2 is 1.14 bits per heavy atom. The van der Waals surface area contributed by atoms with Gasteiger partial charge in [-0.1, -0.05) is 0 Å². The van der Waals surface area contributed by atoms with Crippen LogP contribution in [0.25, 0.3) is 22.3 Å².